The molecule has 1 aliphatic rings. The Balaban J connectivity index is 2.08. The lowest BCUT2D eigenvalue weighted by atomic mass is 10.0. The van der Waals surface area contributed by atoms with E-state index < -0.39 is 5.97 Å². The molecular formula is C14H20N2O3. The van der Waals surface area contributed by atoms with Crippen molar-refractivity contribution in [2.75, 3.05) is 26.1 Å². The van der Waals surface area contributed by atoms with Crippen molar-refractivity contribution >= 4 is 11.8 Å². The molecule has 19 heavy (non-hydrogen) atoms. The summed E-state index contributed by atoms with van der Waals surface area (Å²) in [4.78, 5) is 15.8. The second-order valence-corrected chi connectivity index (χ2v) is 4.95. The number of carbonyl (C=O) groups is 1. The predicted octanol–water partition coefficient (Wildman–Crippen LogP) is 2.48. The number of aromatic nitrogens is 1. The van der Waals surface area contributed by atoms with E-state index in [4.69, 9.17) is 4.74 Å². The molecule has 0 aliphatic heterocycles. The van der Waals surface area contributed by atoms with Gasteiger partial charge in [-0.25, -0.2) is 4.79 Å². The van der Waals surface area contributed by atoms with E-state index in [9.17, 15) is 4.79 Å². The van der Waals surface area contributed by atoms with Gasteiger partial charge in [-0.2, -0.15) is 4.98 Å². The molecule has 1 N–H and O–H groups in total. The van der Waals surface area contributed by atoms with Crippen molar-refractivity contribution in [3.05, 3.63) is 17.7 Å². The van der Waals surface area contributed by atoms with Crippen molar-refractivity contribution in [1.82, 2.24) is 4.98 Å². The molecule has 0 aromatic carbocycles. The highest BCUT2D eigenvalue weighted by Crippen LogP contribution is 2.48. The maximum Gasteiger partial charge on any atom is 0.343 e. The highest BCUT2D eigenvalue weighted by atomic mass is 16.5. The molecule has 0 amide bonds. The van der Waals surface area contributed by atoms with Gasteiger partial charge in [0.1, 0.15) is 11.4 Å². The van der Waals surface area contributed by atoms with E-state index in [0.29, 0.717) is 11.0 Å². The Morgan fingerprint density at radius 3 is 2.68 bits per heavy atom. The van der Waals surface area contributed by atoms with E-state index in [0.717, 1.165) is 12.4 Å². The average molecular weight is 264 g/mol. The van der Waals surface area contributed by atoms with Crippen LogP contribution in [0.3, 0.4) is 0 Å². The van der Waals surface area contributed by atoms with Crippen LogP contribution in [0.5, 0.6) is 5.88 Å². The minimum atomic E-state index is -0.442. The standard InChI is InChI=1S/C14H20N2O3/c1-4-14(7-8-14)9-15-11-6-5-10(13(17)19-3)12(16-11)18-2/h5-6H,4,7-9H2,1-3H3,(H,15,16). The summed E-state index contributed by atoms with van der Waals surface area (Å²) < 4.78 is 9.81. The summed E-state index contributed by atoms with van der Waals surface area (Å²) in [7, 11) is 2.83. The molecule has 0 atom stereocenters. The number of pyridine rings is 1. The quantitative estimate of drug-likeness (QED) is 0.800. The number of nitrogens with zero attached hydrogens (tertiary/aromatic N) is 1. The Hall–Kier alpha value is -1.78. The van der Waals surface area contributed by atoms with Gasteiger partial charge >= 0.3 is 5.97 Å². The average Bonchev–Trinajstić information content (AvgIpc) is 3.24. The molecule has 1 fully saturated rings. The SMILES string of the molecule is CCC1(CNc2ccc(C(=O)OC)c(OC)n2)CC1. The second kappa shape index (κ2) is 5.47. The van der Waals surface area contributed by atoms with Crippen LogP contribution < -0.4 is 10.1 Å². The van der Waals surface area contributed by atoms with Gasteiger partial charge in [-0.1, -0.05) is 6.92 Å². The molecule has 0 saturated heterocycles. The highest BCUT2D eigenvalue weighted by molar-refractivity contribution is 5.92. The van der Waals surface area contributed by atoms with E-state index in [1.165, 1.54) is 33.5 Å². The molecule has 0 spiro atoms. The molecule has 1 aliphatic carbocycles. The first-order valence-corrected chi connectivity index (χ1v) is 6.51. The van der Waals surface area contributed by atoms with Crippen molar-refractivity contribution in [3.63, 3.8) is 0 Å². The number of esters is 1. The van der Waals surface area contributed by atoms with Crippen LogP contribution in [-0.4, -0.2) is 31.7 Å². The Morgan fingerprint density at radius 2 is 2.16 bits per heavy atom. The van der Waals surface area contributed by atoms with Gasteiger partial charge in [0.25, 0.3) is 0 Å². The third-order valence-electron chi connectivity index (χ3n) is 3.81. The maximum atomic E-state index is 11.5. The van der Waals surface area contributed by atoms with Crippen LogP contribution in [-0.2, 0) is 4.74 Å². The number of nitrogens with one attached hydrogen (secondary N) is 1. The summed E-state index contributed by atoms with van der Waals surface area (Å²) >= 11 is 0. The third-order valence-corrected chi connectivity index (χ3v) is 3.81. The number of anilines is 1. The summed E-state index contributed by atoms with van der Waals surface area (Å²) in [5.41, 5.74) is 0.780. The lowest BCUT2D eigenvalue weighted by molar-refractivity contribution is 0.0596. The predicted molar refractivity (Wildman–Crippen MR) is 72.6 cm³/mol. The molecular weight excluding hydrogens is 244 g/mol. The van der Waals surface area contributed by atoms with Crippen molar-refractivity contribution in [1.29, 1.82) is 0 Å². The zero-order valence-electron chi connectivity index (χ0n) is 11.7. The van der Waals surface area contributed by atoms with Crippen LogP contribution in [0.4, 0.5) is 5.82 Å². The fraction of sp³-hybridized carbons (Fsp3) is 0.571. The van der Waals surface area contributed by atoms with Crippen molar-refractivity contribution in [2.45, 2.75) is 26.2 Å². The second-order valence-electron chi connectivity index (χ2n) is 4.95. The van der Waals surface area contributed by atoms with Crippen LogP contribution in [0.15, 0.2) is 12.1 Å². The van der Waals surface area contributed by atoms with Crippen LogP contribution in [0.1, 0.15) is 36.5 Å². The lowest BCUT2D eigenvalue weighted by Gasteiger charge is -2.15. The summed E-state index contributed by atoms with van der Waals surface area (Å²) in [6.45, 7) is 3.13. The van der Waals surface area contributed by atoms with Crippen LogP contribution in [0.2, 0.25) is 0 Å². The smallest absolute Gasteiger partial charge is 0.343 e. The van der Waals surface area contributed by atoms with E-state index >= 15 is 0 Å². The number of hydrogen-bond donors (Lipinski definition) is 1. The van der Waals surface area contributed by atoms with E-state index in [-0.39, 0.29) is 5.88 Å². The Labute approximate surface area is 113 Å². The lowest BCUT2D eigenvalue weighted by Crippen LogP contribution is -2.15. The van der Waals surface area contributed by atoms with E-state index in [1.807, 2.05) is 0 Å². The summed E-state index contributed by atoms with van der Waals surface area (Å²) in [6, 6.07) is 3.45. The topological polar surface area (TPSA) is 60.5 Å². The van der Waals surface area contributed by atoms with Gasteiger partial charge in [-0.15, -0.1) is 0 Å². The number of rotatable bonds is 6. The maximum absolute atomic E-state index is 11.5. The minimum Gasteiger partial charge on any atom is -0.480 e. The van der Waals surface area contributed by atoms with Crippen LogP contribution in [0, 0.1) is 5.41 Å². The largest absolute Gasteiger partial charge is 0.480 e. The van der Waals surface area contributed by atoms with Crippen molar-refractivity contribution in [3.8, 4) is 5.88 Å². The zero-order valence-corrected chi connectivity index (χ0v) is 11.7. The Morgan fingerprint density at radius 1 is 1.42 bits per heavy atom. The summed E-state index contributed by atoms with van der Waals surface area (Å²) in [5, 5.41) is 3.31. The van der Waals surface area contributed by atoms with Gasteiger partial charge in [0, 0.05) is 6.54 Å². The van der Waals surface area contributed by atoms with Crippen molar-refractivity contribution in [2.24, 2.45) is 5.41 Å². The molecule has 1 aromatic rings. The van der Waals surface area contributed by atoms with Crippen molar-refractivity contribution < 1.29 is 14.3 Å². The van der Waals surface area contributed by atoms with Gasteiger partial charge in [0.05, 0.1) is 14.2 Å². The molecule has 104 valence electrons. The van der Waals surface area contributed by atoms with Gasteiger partial charge < -0.3 is 14.8 Å². The molecule has 0 bridgehead atoms. The number of hydrogen-bond acceptors (Lipinski definition) is 5. The summed E-state index contributed by atoms with van der Waals surface area (Å²) in [6.07, 6.45) is 3.72. The first-order valence-electron chi connectivity index (χ1n) is 6.51. The Kier molecular flexibility index (Phi) is 3.93. The van der Waals surface area contributed by atoms with E-state index in [1.54, 1.807) is 12.1 Å². The monoisotopic (exact) mass is 264 g/mol. The molecule has 0 radical (unpaired) electrons. The van der Waals surface area contributed by atoms with E-state index in [2.05, 4.69) is 22.0 Å². The molecule has 1 heterocycles. The van der Waals surface area contributed by atoms with Gasteiger partial charge in [0.2, 0.25) is 5.88 Å². The van der Waals surface area contributed by atoms with Crippen LogP contribution in [0.25, 0.3) is 0 Å². The Bertz CT molecular complexity index is 470. The highest BCUT2D eigenvalue weighted by Gasteiger charge is 2.40. The van der Waals surface area contributed by atoms with Gasteiger partial charge in [0.15, 0.2) is 0 Å². The molecule has 1 aromatic heterocycles. The third kappa shape index (κ3) is 2.97. The molecule has 1 saturated carbocycles. The normalized spacial score (nSPS) is 15.7. The first kappa shape index (κ1) is 13.6. The molecule has 0 unspecified atom stereocenters. The van der Waals surface area contributed by atoms with Gasteiger partial charge in [-0.05, 0) is 36.8 Å². The number of methoxy groups -OCH3 is 2. The zero-order chi connectivity index (χ0) is 13.9. The minimum absolute atomic E-state index is 0.290. The van der Waals surface area contributed by atoms with Crippen LogP contribution >= 0.6 is 0 Å². The molecule has 2 rings (SSSR count). The number of ether oxygens (including phenoxy) is 2. The fourth-order valence-corrected chi connectivity index (χ4v) is 2.07. The van der Waals surface area contributed by atoms with Gasteiger partial charge in [-0.3, -0.25) is 0 Å². The first-order chi connectivity index (χ1) is 9.14. The summed E-state index contributed by atoms with van der Waals surface area (Å²) in [5.74, 6) is 0.575. The number of carbonyl (C=O) groups excluding carboxylic acids is 1. The molecule has 5 heteroatoms. The fourth-order valence-electron chi connectivity index (χ4n) is 2.07. The molecule has 5 nitrogen and oxygen atoms in total.